The topological polar surface area (TPSA) is 84.1 Å². The Morgan fingerprint density at radius 1 is 1.03 bits per heavy atom. The van der Waals surface area contributed by atoms with E-state index in [4.69, 9.17) is 5.73 Å². The van der Waals surface area contributed by atoms with E-state index >= 15 is 0 Å². The number of piperidine rings is 1. The van der Waals surface area contributed by atoms with E-state index in [1.54, 1.807) is 24.9 Å². The van der Waals surface area contributed by atoms with E-state index in [-0.39, 0.29) is 6.04 Å². The van der Waals surface area contributed by atoms with E-state index in [2.05, 4.69) is 36.3 Å². The Kier molecular flexibility index (Phi) is 6.64. The fraction of sp³-hybridized carbons (Fsp3) is 0.250. The second kappa shape index (κ2) is 9.95. The molecule has 1 fully saturated rings. The zero-order chi connectivity index (χ0) is 21.5. The van der Waals surface area contributed by atoms with Gasteiger partial charge in [-0.3, -0.25) is 4.90 Å². The molecule has 1 aliphatic heterocycles. The summed E-state index contributed by atoms with van der Waals surface area (Å²) in [6.07, 6.45) is 10.7. The van der Waals surface area contributed by atoms with Crippen LogP contribution in [0.25, 0.3) is 11.4 Å². The van der Waals surface area contributed by atoms with E-state index in [0.29, 0.717) is 5.70 Å². The quantitative estimate of drug-likeness (QED) is 0.637. The minimum atomic E-state index is 0.276. The number of nitrogens with two attached hydrogens (primary N) is 1. The number of nitrogens with zero attached hydrogens (tertiary/aromatic N) is 6. The maximum atomic E-state index is 6.69. The lowest BCUT2D eigenvalue weighted by molar-refractivity contribution is 0.160. The van der Waals surface area contributed by atoms with Crippen molar-refractivity contribution in [1.82, 2.24) is 29.7 Å². The maximum absolute atomic E-state index is 6.69. The number of hydrogen-bond acceptors (Lipinski definition) is 7. The van der Waals surface area contributed by atoms with Crippen LogP contribution in [0.15, 0.2) is 80.2 Å². The van der Waals surface area contributed by atoms with Crippen LogP contribution in [0.4, 0.5) is 0 Å². The molecule has 7 nitrogen and oxygen atoms in total. The molecule has 0 bridgehead atoms. The second-order valence-electron chi connectivity index (χ2n) is 7.49. The molecule has 3 heterocycles. The van der Waals surface area contributed by atoms with E-state index in [9.17, 15) is 0 Å². The third-order valence-corrected chi connectivity index (χ3v) is 5.55. The number of benzene rings is 1. The molecule has 31 heavy (non-hydrogen) atoms. The Bertz CT molecular complexity index is 998. The second-order valence-corrected chi connectivity index (χ2v) is 7.49. The molecule has 0 unspecified atom stereocenters. The number of likely N-dealkylation sites (tertiary alicyclic amines) is 1. The van der Waals surface area contributed by atoms with Crippen LogP contribution in [0.5, 0.6) is 0 Å². The Labute approximate surface area is 183 Å². The Morgan fingerprint density at radius 3 is 2.42 bits per heavy atom. The highest BCUT2D eigenvalue weighted by Gasteiger charge is 2.27. The van der Waals surface area contributed by atoms with Crippen LogP contribution >= 0.6 is 0 Å². The Morgan fingerprint density at radius 2 is 1.77 bits per heavy atom. The molecular formula is C24H27N7. The molecule has 0 atom stereocenters. The predicted molar refractivity (Wildman–Crippen MR) is 122 cm³/mol. The highest BCUT2D eigenvalue weighted by atomic mass is 15.2. The van der Waals surface area contributed by atoms with Crippen molar-refractivity contribution in [2.24, 2.45) is 5.73 Å². The normalized spacial score (nSPS) is 15.9. The smallest absolute Gasteiger partial charge is 0.142 e. The third kappa shape index (κ3) is 4.95. The molecule has 0 radical (unpaired) electrons. The molecule has 2 aromatic heterocycles. The zero-order valence-corrected chi connectivity index (χ0v) is 17.5. The summed E-state index contributed by atoms with van der Waals surface area (Å²) in [5.41, 5.74) is 9.98. The molecule has 0 amide bonds. The molecular weight excluding hydrogens is 386 g/mol. The highest BCUT2D eigenvalue weighted by Crippen LogP contribution is 2.30. The standard InChI is InChI=1S/C24H27N7/c1-2-31(20-10-15-30(16-11-20)17-22-27-12-6-13-28-22)24(21-9-14-26-18-29-21)23(25)19-7-4-3-5-8-19/h2-9,12-14,18,20H,1,10-11,15-17,25H2/b24-23-. The van der Waals surface area contributed by atoms with Crippen molar-refractivity contribution in [3.63, 3.8) is 0 Å². The predicted octanol–water partition coefficient (Wildman–Crippen LogP) is 3.16. The van der Waals surface area contributed by atoms with Gasteiger partial charge in [-0.25, -0.2) is 19.9 Å². The summed E-state index contributed by atoms with van der Waals surface area (Å²) in [5, 5.41) is 0. The van der Waals surface area contributed by atoms with Crippen molar-refractivity contribution in [2.45, 2.75) is 25.4 Å². The van der Waals surface area contributed by atoms with Crippen molar-refractivity contribution in [3.8, 4) is 0 Å². The summed E-state index contributed by atoms with van der Waals surface area (Å²) in [4.78, 5) is 21.8. The van der Waals surface area contributed by atoms with Crippen molar-refractivity contribution in [3.05, 3.63) is 97.2 Å². The Balaban J connectivity index is 1.57. The molecule has 1 saturated heterocycles. The van der Waals surface area contributed by atoms with Gasteiger partial charge in [0.15, 0.2) is 0 Å². The van der Waals surface area contributed by atoms with Crippen molar-refractivity contribution in [1.29, 1.82) is 0 Å². The van der Waals surface area contributed by atoms with Crippen LogP contribution < -0.4 is 5.73 Å². The third-order valence-electron chi connectivity index (χ3n) is 5.55. The molecule has 0 saturated carbocycles. The summed E-state index contributed by atoms with van der Waals surface area (Å²) in [7, 11) is 0. The minimum Gasteiger partial charge on any atom is -0.396 e. The lowest BCUT2D eigenvalue weighted by Gasteiger charge is -2.39. The molecule has 2 N–H and O–H groups in total. The van der Waals surface area contributed by atoms with Crippen LogP contribution in [-0.2, 0) is 6.54 Å². The highest BCUT2D eigenvalue weighted by molar-refractivity contribution is 5.87. The summed E-state index contributed by atoms with van der Waals surface area (Å²) in [5.74, 6) is 0.858. The van der Waals surface area contributed by atoms with Crippen LogP contribution in [0.3, 0.4) is 0 Å². The summed E-state index contributed by atoms with van der Waals surface area (Å²) >= 11 is 0. The summed E-state index contributed by atoms with van der Waals surface area (Å²) < 4.78 is 0. The molecule has 1 aromatic carbocycles. The first-order valence-electron chi connectivity index (χ1n) is 10.5. The number of rotatable bonds is 7. The van der Waals surface area contributed by atoms with E-state index in [1.165, 1.54) is 0 Å². The van der Waals surface area contributed by atoms with Crippen LogP contribution in [-0.4, -0.2) is 48.9 Å². The molecule has 4 rings (SSSR count). The fourth-order valence-electron chi connectivity index (χ4n) is 3.98. The lowest BCUT2D eigenvalue weighted by atomic mass is 10.00. The zero-order valence-electron chi connectivity index (χ0n) is 17.5. The minimum absolute atomic E-state index is 0.276. The monoisotopic (exact) mass is 413 g/mol. The molecule has 0 spiro atoms. The van der Waals surface area contributed by atoms with Gasteiger partial charge in [0.05, 0.1) is 23.6 Å². The first-order chi connectivity index (χ1) is 15.3. The van der Waals surface area contributed by atoms with Gasteiger partial charge in [-0.05, 0) is 36.7 Å². The fourth-order valence-corrected chi connectivity index (χ4v) is 3.98. The molecule has 1 aliphatic rings. The van der Waals surface area contributed by atoms with Gasteiger partial charge < -0.3 is 10.6 Å². The Hall–Kier alpha value is -3.58. The average molecular weight is 414 g/mol. The van der Waals surface area contributed by atoms with Crippen LogP contribution in [0, 0.1) is 0 Å². The van der Waals surface area contributed by atoms with Gasteiger partial charge in [0, 0.05) is 37.7 Å². The molecule has 3 aromatic rings. The van der Waals surface area contributed by atoms with Gasteiger partial charge in [0.2, 0.25) is 0 Å². The number of hydrogen-bond donors (Lipinski definition) is 1. The molecule has 7 heteroatoms. The van der Waals surface area contributed by atoms with Gasteiger partial charge in [-0.2, -0.15) is 0 Å². The van der Waals surface area contributed by atoms with Crippen LogP contribution in [0.1, 0.15) is 29.9 Å². The lowest BCUT2D eigenvalue weighted by Crippen LogP contribution is -2.42. The van der Waals surface area contributed by atoms with Crippen LogP contribution in [0.2, 0.25) is 0 Å². The van der Waals surface area contributed by atoms with E-state index in [0.717, 1.165) is 55.3 Å². The largest absolute Gasteiger partial charge is 0.396 e. The summed E-state index contributed by atoms with van der Waals surface area (Å²) in [6, 6.07) is 14.0. The molecule has 0 aliphatic carbocycles. The van der Waals surface area contributed by atoms with E-state index < -0.39 is 0 Å². The first kappa shape index (κ1) is 20.7. The van der Waals surface area contributed by atoms with Gasteiger partial charge in [0.25, 0.3) is 0 Å². The first-order valence-corrected chi connectivity index (χ1v) is 10.5. The van der Waals surface area contributed by atoms with Gasteiger partial charge in [-0.1, -0.05) is 36.9 Å². The van der Waals surface area contributed by atoms with Crippen molar-refractivity contribution < 1.29 is 0 Å². The van der Waals surface area contributed by atoms with Crippen molar-refractivity contribution >= 4 is 11.4 Å². The van der Waals surface area contributed by atoms with E-state index in [1.807, 2.05) is 48.7 Å². The summed E-state index contributed by atoms with van der Waals surface area (Å²) in [6.45, 7) is 6.78. The molecule has 158 valence electrons. The SMILES string of the molecule is C=CN(/C(=C(\N)c1ccccc1)c1ccncn1)C1CCN(Cc2ncccn2)CC1. The maximum Gasteiger partial charge on any atom is 0.142 e. The van der Waals surface area contributed by atoms with Gasteiger partial charge in [0.1, 0.15) is 12.2 Å². The van der Waals surface area contributed by atoms with Gasteiger partial charge in [-0.15, -0.1) is 0 Å². The number of aromatic nitrogens is 4. The van der Waals surface area contributed by atoms with Crippen molar-refractivity contribution in [2.75, 3.05) is 13.1 Å². The average Bonchev–Trinajstić information content (AvgIpc) is 2.84. The van der Waals surface area contributed by atoms with Gasteiger partial charge >= 0.3 is 0 Å².